The number of halogens is 2. The maximum Gasteiger partial charge on any atom is 0.148 e. The number of hydrogen-bond donors (Lipinski definition) is 2. The van der Waals surface area contributed by atoms with Crippen LogP contribution >= 0.6 is 0 Å². The van der Waals surface area contributed by atoms with E-state index in [-0.39, 0.29) is 18.2 Å². The Kier molecular flexibility index (Phi) is 7.52. The van der Waals surface area contributed by atoms with Crippen LogP contribution in [-0.2, 0) is 6.54 Å². The first-order chi connectivity index (χ1) is 14.5. The normalized spacial score (nSPS) is 16.6. The van der Waals surface area contributed by atoms with E-state index in [0.29, 0.717) is 41.1 Å². The third kappa shape index (κ3) is 5.21. The van der Waals surface area contributed by atoms with Gasteiger partial charge in [0, 0.05) is 56.7 Å². The molecule has 2 aromatic rings. The minimum atomic E-state index is -0.360. The summed E-state index contributed by atoms with van der Waals surface area (Å²) in [6, 6.07) is 3.07. The molecule has 5 nitrogen and oxygen atoms in total. The largest absolute Gasteiger partial charge is 0.379 e. The number of fused-ring (bicyclic) bond motifs is 1. The summed E-state index contributed by atoms with van der Waals surface area (Å²) >= 11 is 0. The zero-order valence-electron chi connectivity index (χ0n) is 17.8. The lowest BCUT2D eigenvalue weighted by Crippen LogP contribution is -2.44. The molecular weight excluding hydrogens is 384 g/mol. The van der Waals surface area contributed by atoms with Gasteiger partial charge in [-0.05, 0) is 32.4 Å². The Hall–Kier alpha value is -2.80. The summed E-state index contributed by atoms with van der Waals surface area (Å²) in [6.07, 6.45) is 7.33. The fourth-order valence-electron chi connectivity index (χ4n) is 3.40. The smallest absolute Gasteiger partial charge is 0.148 e. The number of hydrogen-bond acceptors (Lipinski definition) is 5. The van der Waals surface area contributed by atoms with Gasteiger partial charge in [-0.1, -0.05) is 18.6 Å². The van der Waals surface area contributed by atoms with Gasteiger partial charge in [0.25, 0.3) is 0 Å². The molecule has 1 aliphatic heterocycles. The Morgan fingerprint density at radius 1 is 1.20 bits per heavy atom. The highest BCUT2D eigenvalue weighted by Crippen LogP contribution is 2.23. The fraction of sp³-hybridized carbons (Fsp3) is 0.391. The lowest BCUT2D eigenvalue weighted by atomic mass is 10.1. The number of benzene rings is 1. The van der Waals surface area contributed by atoms with Crippen LogP contribution in [0.2, 0.25) is 0 Å². The van der Waals surface area contributed by atoms with E-state index in [1.807, 2.05) is 31.7 Å². The molecule has 2 heterocycles. The summed E-state index contributed by atoms with van der Waals surface area (Å²) < 4.78 is 29.9. The molecule has 1 fully saturated rings. The average molecular weight is 414 g/mol. The maximum atomic E-state index is 15.3. The Balaban J connectivity index is 1.89. The van der Waals surface area contributed by atoms with Crippen LogP contribution in [0.25, 0.3) is 11.0 Å². The quantitative estimate of drug-likeness (QED) is 0.666. The van der Waals surface area contributed by atoms with Gasteiger partial charge in [-0.25, -0.2) is 8.78 Å². The number of nitrogens with one attached hydrogen (secondary N) is 2. The first kappa shape index (κ1) is 21.9. The van der Waals surface area contributed by atoms with Gasteiger partial charge in [0.2, 0.25) is 0 Å². The standard InChI is InChI=1S/C23H29F2N5/c1-4-16(3)12-19(25)23(30-10-8-26-9-11-30)20(5-2)29-15-17-13-21-22(14-18(17)24)28-7-6-27-21/h5-7,12-14,26,29H,4,8-11,15H2,1-3H3/b16-12+,20-5+,23-19-. The lowest BCUT2D eigenvalue weighted by molar-refractivity contribution is 0.292. The second-order valence-electron chi connectivity index (χ2n) is 7.32. The van der Waals surface area contributed by atoms with Crippen LogP contribution in [-0.4, -0.2) is 41.0 Å². The third-order valence-electron chi connectivity index (χ3n) is 5.24. The van der Waals surface area contributed by atoms with Crippen molar-refractivity contribution in [3.8, 4) is 0 Å². The summed E-state index contributed by atoms with van der Waals surface area (Å²) in [5.74, 6) is -0.637. The van der Waals surface area contributed by atoms with Gasteiger partial charge in [0.1, 0.15) is 11.6 Å². The van der Waals surface area contributed by atoms with Crippen LogP contribution in [0.15, 0.2) is 59.5 Å². The molecule has 1 saturated heterocycles. The Bertz CT molecular complexity index is 975. The zero-order chi connectivity index (χ0) is 21.5. The minimum Gasteiger partial charge on any atom is -0.379 e. The average Bonchev–Trinajstić information content (AvgIpc) is 2.76. The minimum absolute atomic E-state index is 0.220. The molecular formula is C23H29F2N5. The van der Waals surface area contributed by atoms with Crippen molar-refractivity contribution in [3.63, 3.8) is 0 Å². The molecule has 0 amide bonds. The summed E-state index contributed by atoms with van der Waals surface area (Å²) in [5.41, 5.74) is 3.74. The van der Waals surface area contributed by atoms with Gasteiger partial charge in [-0.2, -0.15) is 0 Å². The Morgan fingerprint density at radius 3 is 2.50 bits per heavy atom. The van der Waals surface area contributed by atoms with Crippen molar-refractivity contribution in [1.82, 2.24) is 25.5 Å². The van der Waals surface area contributed by atoms with E-state index in [9.17, 15) is 4.39 Å². The van der Waals surface area contributed by atoms with E-state index >= 15 is 4.39 Å². The van der Waals surface area contributed by atoms with E-state index in [4.69, 9.17) is 0 Å². The number of aromatic nitrogens is 2. The molecule has 1 aliphatic rings. The van der Waals surface area contributed by atoms with Crippen molar-refractivity contribution in [3.05, 3.63) is 70.9 Å². The van der Waals surface area contributed by atoms with Crippen molar-refractivity contribution in [2.75, 3.05) is 26.2 Å². The van der Waals surface area contributed by atoms with Crippen molar-refractivity contribution in [2.45, 2.75) is 33.7 Å². The molecule has 0 spiro atoms. The number of allylic oxidation sites excluding steroid dienone is 4. The highest BCUT2D eigenvalue weighted by atomic mass is 19.1. The number of piperazine rings is 1. The van der Waals surface area contributed by atoms with Gasteiger partial charge in [0.15, 0.2) is 0 Å². The van der Waals surface area contributed by atoms with E-state index in [0.717, 1.165) is 25.1 Å². The second-order valence-corrected chi connectivity index (χ2v) is 7.32. The molecule has 30 heavy (non-hydrogen) atoms. The summed E-state index contributed by atoms with van der Waals surface area (Å²) in [5, 5.41) is 6.54. The zero-order valence-corrected chi connectivity index (χ0v) is 17.8. The van der Waals surface area contributed by atoms with Gasteiger partial charge in [0.05, 0.1) is 22.4 Å². The highest BCUT2D eigenvalue weighted by Gasteiger charge is 2.21. The molecule has 3 rings (SSSR count). The van der Waals surface area contributed by atoms with Gasteiger partial charge in [-0.3, -0.25) is 9.97 Å². The maximum absolute atomic E-state index is 15.3. The van der Waals surface area contributed by atoms with Crippen molar-refractivity contribution >= 4 is 11.0 Å². The first-order valence-corrected chi connectivity index (χ1v) is 10.4. The predicted molar refractivity (Wildman–Crippen MR) is 117 cm³/mol. The fourth-order valence-corrected chi connectivity index (χ4v) is 3.40. The van der Waals surface area contributed by atoms with Crippen molar-refractivity contribution in [2.24, 2.45) is 0 Å². The molecule has 1 aromatic heterocycles. The lowest BCUT2D eigenvalue weighted by Gasteiger charge is -2.33. The van der Waals surface area contributed by atoms with E-state index < -0.39 is 0 Å². The molecule has 0 bridgehead atoms. The van der Waals surface area contributed by atoms with Crippen LogP contribution in [0.3, 0.4) is 0 Å². The van der Waals surface area contributed by atoms with Crippen LogP contribution in [0.5, 0.6) is 0 Å². The molecule has 0 saturated carbocycles. The van der Waals surface area contributed by atoms with E-state index in [1.54, 1.807) is 18.3 Å². The molecule has 1 aromatic carbocycles. The molecule has 0 aliphatic carbocycles. The van der Waals surface area contributed by atoms with Gasteiger partial charge >= 0.3 is 0 Å². The topological polar surface area (TPSA) is 53.1 Å². The number of nitrogens with zero attached hydrogens (tertiary/aromatic N) is 3. The summed E-state index contributed by atoms with van der Waals surface area (Å²) in [6.45, 7) is 9.01. The molecule has 160 valence electrons. The monoisotopic (exact) mass is 413 g/mol. The van der Waals surface area contributed by atoms with Gasteiger partial charge < -0.3 is 15.5 Å². The summed E-state index contributed by atoms with van der Waals surface area (Å²) in [4.78, 5) is 10.4. The SMILES string of the molecule is C\C=C(NCc1cc2nccnc2cc1F)/C(=C(F)\C=C(/C)CC)N1CCNCC1. The Labute approximate surface area is 176 Å². The van der Waals surface area contributed by atoms with Crippen LogP contribution < -0.4 is 10.6 Å². The first-order valence-electron chi connectivity index (χ1n) is 10.4. The molecule has 0 unspecified atom stereocenters. The second kappa shape index (κ2) is 10.3. The molecule has 0 radical (unpaired) electrons. The Morgan fingerprint density at radius 2 is 1.87 bits per heavy atom. The predicted octanol–water partition coefficient (Wildman–Crippen LogP) is 4.20. The van der Waals surface area contributed by atoms with Crippen LogP contribution in [0, 0.1) is 5.82 Å². The van der Waals surface area contributed by atoms with E-state index in [1.165, 1.54) is 12.3 Å². The molecule has 2 N–H and O–H groups in total. The van der Waals surface area contributed by atoms with E-state index in [2.05, 4.69) is 20.6 Å². The highest BCUT2D eigenvalue weighted by molar-refractivity contribution is 5.74. The van der Waals surface area contributed by atoms with Crippen molar-refractivity contribution < 1.29 is 8.78 Å². The number of rotatable bonds is 7. The van der Waals surface area contributed by atoms with Gasteiger partial charge in [-0.15, -0.1) is 0 Å². The molecule has 7 heteroatoms. The van der Waals surface area contributed by atoms with Crippen LogP contribution in [0.1, 0.15) is 32.8 Å². The molecule has 0 atom stereocenters. The third-order valence-corrected chi connectivity index (χ3v) is 5.24. The summed E-state index contributed by atoms with van der Waals surface area (Å²) in [7, 11) is 0. The van der Waals surface area contributed by atoms with Crippen LogP contribution in [0.4, 0.5) is 8.78 Å². The van der Waals surface area contributed by atoms with Crippen molar-refractivity contribution in [1.29, 1.82) is 0 Å².